The molecule has 5 nitrogen and oxygen atoms in total. The Morgan fingerprint density at radius 1 is 1.40 bits per heavy atom. The van der Waals surface area contributed by atoms with Crippen molar-refractivity contribution in [2.75, 3.05) is 32.7 Å². The van der Waals surface area contributed by atoms with E-state index in [0.29, 0.717) is 12.5 Å². The number of fused-ring (bicyclic) bond motifs is 1. The average molecular weight is 340 g/mol. The Labute approximate surface area is 150 Å². The Morgan fingerprint density at radius 3 is 2.84 bits per heavy atom. The molecule has 3 atom stereocenters. The maximum absolute atomic E-state index is 12.6. The highest BCUT2D eigenvalue weighted by molar-refractivity contribution is 5.74. The molecule has 2 aliphatic rings. The van der Waals surface area contributed by atoms with Crippen molar-refractivity contribution in [2.24, 2.45) is 5.92 Å². The number of likely N-dealkylation sites (tertiary alicyclic amines) is 2. The summed E-state index contributed by atoms with van der Waals surface area (Å²) < 4.78 is 0. The van der Waals surface area contributed by atoms with Gasteiger partial charge in [0.1, 0.15) is 0 Å². The first-order valence-corrected chi connectivity index (χ1v) is 9.29. The third-order valence-electron chi connectivity index (χ3n) is 5.95. The second-order valence-electron chi connectivity index (χ2n) is 7.50. The highest BCUT2D eigenvalue weighted by Gasteiger charge is 2.50. The number of urea groups is 1. The van der Waals surface area contributed by atoms with Gasteiger partial charge in [0.2, 0.25) is 0 Å². The summed E-state index contributed by atoms with van der Waals surface area (Å²) >= 11 is 0. The number of amides is 2. The third kappa shape index (κ3) is 3.50. The van der Waals surface area contributed by atoms with Gasteiger partial charge < -0.3 is 10.2 Å². The normalized spacial score (nSPS) is 27.4. The molecule has 3 rings (SSSR count). The summed E-state index contributed by atoms with van der Waals surface area (Å²) in [5.74, 6) is 0.375. The van der Waals surface area contributed by atoms with E-state index in [1.54, 1.807) is 0 Å². The molecule has 0 aliphatic carbocycles. The summed E-state index contributed by atoms with van der Waals surface area (Å²) in [5, 5.41) is 12.2. The van der Waals surface area contributed by atoms with Crippen LogP contribution in [0.4, 0.5) is 4.79 Å². The molecule has 2 saturated heterocycles. The molecule has 0 saturated carbocycles. The molecule has 134 valence electrons. The number of benzene rings is 1. The lowest BCUT2D eigenvalue weighted by atomic mass is 9.68. The molecule has 1 aromatic carbocycles. The van der Waals surface area contributed by atoms with E-state index >= 15 is 0 Å². The van der Waals surface area contributed by atoms with Crippen LogP contribution in [0.2, 0.25) is 0 Å². The summed E-state index contributed by atoms with van der Waals surface area (Å²) in [6.07, 6.45) is 1.89. The van der Waals surface area contributed by atoms with E-state index in [-0.39, 0.29) is 17.5 Å². The van der Waals surface area contributed by atoms with Gasteiger partial charge in [0.25, 0.3) is 0 Å². The molecule has 1 N–H and O–H groups in total. The second-order valence-corrected chi connectivity index (χ2v) is 7.50. The van der Waals surface area contributed by atoms with Crippen LogP contribution in [0.15, 0.2) is 30.3 Å². The minimum Gasteiger partial charge on any atom is -0.336 e. The first-order chi connectivity index (χ1) is 12.1. The molecule has 5 heteroatoms. The van der Waals surface area contributed by atoms with Crippen LogP contribution in [0.3, 0.4) is 0 Å². The lowest BCUT2D eigenvalue weighted by molar-refractivity contribution is 0.131. The summed E-state index contributed by atoms with van der Waals surface area (Å²) in [7, 11) is 0. The summed E-state index contributed by atoms with van der Waals surface area (Å²) in [5.41, 5.74) is 1.41. The van der Waals surface area contributed by atoms with Crippen molar-refractivity contribution in [3.05, 3.63) is 35.9 Å². The van der Waals surface area contributed by atoms with Crippen LogP contribution in [0, 0.1) is 17.2 Å². The maximum Gasteiger partial charge on any atom is 0.317 e. The fraction of sp³-hybridized carbons (Fsp3) is 0.600. The van der Waals surface area contributed by atoms with Crippen molar-refractivity contribution >= 4 is 6.03 Å². The van der Waals surface area contributed by atoms with Crippen LogP contribution in [0.1, 0.15) is 32.3 Å². The van der Waals surface area contributed by atoms with E-state index in [2.05, 4.69) is 47.5 Å². The van der Waals surface area contributed by atoms with Gasteiger partial charge in [0, 0.05) is 43.6 Å². The second kappa shape index (κ2) is 7.45. The number of carbonyl (C=O) groups is 1. The van der Waals surface area contributed by atoms with Gasteiger partial charge in [-0.25, -0.2) is 4.79 Å². The molecular formula is C20H28N4O. The fourth-order valence-corrected chi connectivity index (χ4v) is 4.34. The van der Waals surface area contributed by atoms with Crippen molar-refractivity contribution in [3.63, 3.8) is 0 Å². The molecule has 0 radical (unpaired) electrons. The van der Waals surface area contributed by atoms with E-state index in [9.17, 15) is 4.79 Å². The summed E-state index contributed by atoms with van der Waals surface area (Å²) in [6, 6.07) is 13.2. The quantitative estimate of drug-likeness (QED) is 0.857. The minimum atomic E-state index is 0.0507. The minimum absolute atomic E-state index is 0.0507. The van der Waals surface area contributed by atoms with Gasteiger partial charge in [-0.1, -0.05) is 37.3 Å². The van der Waals surface area contributed by atoms with Crippen molar-refractivity contribution in [1.29, 1.82) is 5.26 Å². The molecular weight excluding hydrogens is 312 g/mol. The zero-order chi connectivity index (χ0) is 17.9. The molecule has 2 fully saturated rings. The van der Waals surface area contributed by atoms with Crippen LogP contribution >= 0.6 is 0 Å². The van der Waals surface area contributed by atoms with Crippen molar-refractivity contribution in [2.45, 2.75) is 38.1 Å². The Balaban J connectivity index is 1.79. The van der Waals surface area contributed by atoms with Crippen molar-refractivity contribution in [3.8, 4) is 6.07 Å². The van der Waals surface area contributed by atoms with Crippen molar-refractivity contribution in [1.82, 2.24) is 15.1 Å². The summed E-state index contributed by atoms with van der Waals surface area (Å²) in [6.45, 7) is 7.92. The van der Waals surface area contributed by atoms with Crippen LogP contribution in [-0.2, 0) is 5.41 Å². The molecule has 0 bridgehead atoms. The predicted octanol–water partition coefficient (Wildman–Crippen LogP) is 2.59. The molecule has 0 aromatic heterocycles. The van der Waals surface area contributed by atoms with E-state index in [1.165, 1.54) is 5.56 Å². The van der Waals surface area contributed by atoms with Gasteiger partial charge in [-0.2, -0.15) is 5.26 Å². The van der Waals surface area contributed by atoms with Gasteiger partial charge in [-0.3, -0.25) is 4.90 Å². The highest BCUT2D eigenvalue weighted by atomic mass is 16.2. The molecule has 2 unspecified atom stereocenters. The van der Waals surface area contributed by atoms with Gasteiger partial charge in [0.05, 0.1) is 12.6 Å². The fourth-order valence-electron chi connectivity index (χ4n) is 4.34. The van der Waals surface area contributed by atoms with Gasteiger partial charge >= 0.3 is 6.03 Å². The van der Waals surface area contributed by atoms with Crippen LogP contribution in [0.5, 0.6) is 0 Å². The number of nitriles is 1. The Morgan fingerprint density at radius 2 is 2.16 bits per heavy atom. The molecule has 0 spiro atoms. The molecule has 25 heavy (non-hydrogen) atoms. The number of nitrogens with one attached hydrogen (secondary N) is 1. The van der Waals surface area contributed by atoms with Crippen molar-refractivity contribution < 1.29 is 4.79 Å². The Kier molecular flexibility index (Phi) is 5.29. The third-order valence-corrected chi connectivity index (χ3v) is 5.95. The molecule has 2 heterocycles. The molecule has 2 amide bonds. The van der Waals surface area contributed by atoms with E-state index < -0.39 is 0 Å². The number of hydrogen-bond acceptors (Lipinski definition) is 3. The largest absolute Gasteiger partial charge is 0.336 e. The number of piperidine rings is 1. The van der Waals surface area contributed by atoms with E-state index in [1.807, 2.05) is 17.9 Å². The number of rotatable bonds is 4. The smallest absolute Gasteiger partial charge is 0.317 e. The van der Waals surface area contributed by atoms with E-state index in [4.69, 9.17) is 5.26 Å². The van der Waals surface area contributed by atoms with Crippen LogP contribution in [0.25, 0.3) is 0 Å². The average Bonchev–Trinajstić information content (AvgIpc) is 3.01. The molecule has 2 aliphatic heterocycles. The Bertz CT molecular complexity index is 641. The van der Waals surface area contributed by atoms with Crippen LogP contribution < -0.4 is 5.32 Å². The van der Waals surface area contributed by atoms with Gasteiger partial charge in [0.15, 0.2) is 0 Å². The lowest BCUT2D eigenvalue weighted by Gasteiger charge is -2.44. The topological polar surface area (TPSA) is 59.4 Å². The predicted molar refractivity (Wildman–Crippen MR) is 98.1 cm³/mol. The first kappa shape index (κ1) is 17.8. The van der Waals surface area contributed by atoms with Crippen LogP contribution in [-0.4, -0.2) is 54.6 Å². The zero-order valence-corrected chi connectivity index (χ0v) is 15.2. The van der Waals surface area contributed by atoms with Gasteiger partial charge in [-0.15, -0.1) is 0 Å². The van der Waals surface area contributed by atoms with Gasteiger partial charge in [-0.05, 0) is 25.3 Å². The highest BCUT2D eigenvalue weighted by Crippen LogP contribution is 2.45. The SMILES string of the molecule is CCC(C)NC(=O)N1CC[C@]2(c3ccccc3)CN(CC#N)CC2C1. The lowest BCUT2D eigenvalue weighted by Crippen LogP contribution is -2.54. The number of nitrogens with zero attached hydrogens (tertiary/aromatic N) is 3. The van der Waals surface area contributed by atoms with E-state index in [0.717, 1.165) is 39.0 Å². The maximum atomic E-state index is 12.6. The monoisotopic (exact) mass is 340 g/mol. The molecule has 1 aromatic rings. The Hall–Kier alpha value is -2.06. The standard InChI is InChI=1S/C20H28N4O/c1-3-16(2)22-19(25)24-11-9-20(17-7-5-4-6-8-17)15-23(12-10-21)13-18(20)14-24/h4-8,16,18H,3,9,11-15H2,1-2H3,(H,22,25)/t16?,18?,20-/m1/s1. The number of hydrogen-bond donors (Lipinski definition) is 1. The number of carbonyl (C=O) groups excluding carboxylic acids is 1. The zero-order valence-electron chi connectivity index (χ0n) is 15.2. The summed E-state index contributed by atoms with van der Waals surface area (Å²) in [4.78, 5) is 16.8. The first-order valence-electron chi connectivity index (χ1n) is 9.29.